The first kappa shape index (κ1) is 9.76. The van der Waals surface area contributed by atoms with Gasteiger partial charge in [0.25, 0.3) is 0 Å². The summed E-state index contributed by atoms with van der Waals surface area (Å²) in [5.74, 6) is 0. The smallest absolute Gasteiger partial charge is 0.207 e. The van der Waals surface area contributed by atoms with Crippen LogP contribution in [-0.2, 0) is 0 Å². The molecule has 1 radical (unpaired) electrons. The molecule has 0 aromatic carbocycles. The fourth-order valence-corrected chi connectivity index (χ4v) is 0.752. The van der Waals surface area contributed by atoms with Gasteiger partial charge in [0.1, 0.15) is 0 Å². The lowest BCUT2D eigenvalue weighted by atomic mass is 9.85. The largest absolute Gasteiger partial charge is 0.352 e. The predicted molar refractivity (Wildman–Crippen MR) is 48.3 cm³/mol. The topological polar surface area (TPSA) is 3.24 Å². The molecule has 0 aromatic heterocycles. The molecule has 2 heteroatoms. The maximum Gasteiger partial charge on any atom is 0.207 e. The summed E-state index contributed by atoms with van der Waals surface area (Å²) in [7, 11) is 6.34. The van der Waals surface area contributed by atoms with Gasteiger partial charge in [0, 0.05) is 0 Å². The number of nitrogens with zero attached hydrogens (tertiary/aromatic N) is 1. The first-order chi connectivity index (χ1) is 4.77. The third-order valence-electron chi connectivity index (χ3n) is 1.30. The van der Waals surface area contributed by atoms with Gasteiger partial charge < -0.3 is 4.81 Å². The van der Waals surface area contributed by atoms with Crippen LogP contribution < -0.4 is 0 Å². The lowest BCUT2D eigenvalue weighted by Crippen LogP contribution is -2.16. The molecule has 0 rings (SSSR count). The van der Waals surface area contributed by atoms with Crippen molar-refractivity contribution >= 4 is 7.41 Å². The van der Waals surface area contributed by atoms with Crippen LogP contribution in [0.2, 0.25) is 6.32 Å². The first-order valence-electron chi connectivity index (χ1n) is 3.88. The summed E-state index contributed by atoms with van der Waals surface area (Å²) >= 11 is 0. The molecule has 0 aliphatic rings. The van der Waals surface area contributed by atoms with Gasteiger partial charge in [-0.25, -0.2) is 0 Å². The number of allylic oxidation sites excluding steroid dienone is 2. The fraction of sp³-hybridized carbons (Fsp3) is 0.750. The molecule has 0 aliphatic carbocycles. The van der Waals surface area contributed by atoms with E-state index in [2.05, 4.69) is 45.4 Å². The Morgan fingerprint density at radius 1 is 1.40 bits per heavy atom. The monoisotopic (exact) mass is 138 g/mol. The van der Waals surface area contributed by atoms with Crippen LogP contribution in [0.1, 0.15) is 19.8 Å². The van der Waals surface area contributed by atoms with Gasteiger partial charge in [-0.2, -0.15) is 0 Å². The summed E-state index contributed by atoms with van der Waals surface area (Å²) in [4.78, 5) is 2.11. The van der Waals surface area contributed by atoms with Crippen LogP contribution in [0.3, 0.4) is 0 Å². The van der Waals surface area contributed by atoms with Gasteiger partial charge >= 0.3 is 0 Å². The van der Waals surface area contributed by atoms with E-state index in [0.29, 0.717) is 0 Å². The second-order valence-electron chi connectivity index (χ2n) is 2.65. The van der Waals surface area contributed by atoms with E-state index in [9.17, 15) is 0 Å². The molecule has 0 N–H and O–H groups in total. The van der Waals surface area contributed by atoms with E-state index in [0.717, 1.165) is 0 Å². The number of unbranched alkanes of at least 4 members (excludes halogenated alkanes) is 1. The average Bonchev–Trinajstić information content (AvgIpc) is 1.87. The van der Waals surface area contributed by atoms with Crippen LogP contribution >= 0.6 is 0 Å². The summed E-state index contributed by atoms with van der Waals surface area (Å²) in [6.45, 7) is 2.07. The molecule has 0 saturated carbocycles. The van der Waals surface area contributed by atoms with Gasteiger partial charge in [0.05, 0.1) is 0 Å². The molecular formula is C8H17BN. The molecule has 0 atom stereocenters. The number of hydrogen-bond donors (Lipinski definition) is 0. The zero-order chi connectivity index (χ0) is 7.82. The van der Waals surface area contributed by atoms with Crippen molar-refractivity contribution in [3.05, 3.63) is 12.2 Å². The molecule has 0 amide bonds. The minimum absolute atomic E-state index is 1.19. The Balaban J connectivity index is 2.91. The van der Waals surface area contributed by atoms with Gasteiger partial charge in [0.15, 0.2) is 0 Å². The highest BCUT2D eigenvalue weighted by Gasteiger charge is 1.91. The van der Waals surface area contributed by atoms with Crippen LogP contribution in [0.5, 0.6) is 0 Å². The Hall–Kier alpha value is -0.235. The Bertz CT molecular complexity index is 89.3. The third-order valence-corrected chi connectivity index (χ3v) is 1.30. The molecule has 10 heavy (non-hydrogen) atoms. The number of hydrogen-bond acceptors (Lipinski definition) is 1. The van der Waals surface area contributed by atoms with E-state index in [-0.39, 0.29) is 0 Å². The molecule has 0 aliphatic heterocycles. The van der Waals surface area contributed by atoms with E-state index in [4.69, 9.17) is 0 Å². The van der Waals surface area contributed by atoms with E-state index in [1.807, 2.05) is 0 Å². The van der Waals surface area contributed by atoms with Crippen LogP contribution in [0, 0.1) is 0 Å². The second-order valence-corrected chi connectivity index (χ2v) is 2.65. The quantitative estimate of drug-likeness (QED) is 0.318. The van der Waals surface area contributed by atoms with Gasteiger partial charge in [-0.1, -0.05) is 24.9 Å². The van der Waals surface area contributed by atoms with Crippen LogP contribution in [0.25, 0.3) is 0 Å². The fourth-order valence-electron chi connectivity index (χ4n) is 0.752. The SMILES string of the molecule is C/C=C/CCC[B]N(C)C. The van der Waals surface area contributed by atoms with Gasteiger partial charge in [-0.15, -0.1) is 0 Å². The third kappa shape index (κ3) is 7.76. The van der Waals surface area contributed by atoms with Crippen LogP contribution in [0.4, 0.5) is 0 Å². The molecule has 57 valence electrons. The van der Waals surface area contributed by atoms with E-state index < -0.39 is 0 Å². The Morgan fingerprint density at radius 3 is 2.60 bits per heavy atom. The molecule has 1 nitrogen and oxygen atoms in total. The normalized spacial score (nSPS) is 11.2. The summed E-state index contributed by atoms with van der Waals surface area (Å²) in [5, 5.41) is 0. The van der Waals surface area contributed by atoms with Crippen molar-refractivity contribution < 1.29 is 0 Å². The molecule has 0 fully saturated rings. The molecule has 0 saturated heterocycles. The highest BCUT2D eigenvalue weighted by molar-refractivity contribution is 6.31. The van der Waals surface area contributed by atoms with Crippen LogP contribution in [-0.4, -0.2) is 26.3 Å². The summed E-state index contributed by atoms with van der Waals surface area (Å²) in [6, 6.07) is 0. The maximum absolute atomic E-state index is 2.21. The standard InChI is InChI=1S/C8H17BN/c1-4-5-6-7-8-9-10(2)3/h4-5H,6-8H2,1-3H3/b5-4+. The molecule has 0 aromatic rings. The number of rotatable bonds is 5. The molecule has 0 unspecified atom stereocenters. The molecule has 0 bridgehead atoms. The second kappa shape index (κ2) is 6.88. The Kier molecular flexibility index (Phi) is 6.72. The van der Waals surface area contributed by atoms with Gasteiger partial charge in [-0.05, 0) is 27.4 Å². The molecular weight excluding hydrogens is 121 g/mol. The summed E-state index contributed by atoms with van der Waals surface area (Å²) < 4.78 is 0. The first-order valence-corrected chi connectivity index (χ1v) is 3.88. The Labute approximate surface area is 65.4 Å². The lowest BCUT2D eigenvalue weighted by molar-refractivity contribution is 0.653. The maximum atomic E-state index is 2.21. The van der Waals surface area contributed by atoms with Gasteiger partial charge in [-0.3, -0.25) is 0 Å². The van der Waals surface area contributed by atoms with Gasteiger partial charge in [0.2, 0.25) is 7.41 Å². The molecule has 0 heterocycles. The van der Waals surface area contributed by atoms with Crippen molar-refractivity contribution in [1.29, 1.82) is 0 Å². The van der Waals surface area contributed by atoms with Crippen molar-refractivity contribution in [3.8, 4) is 0 Å². The van der Waals surface area contributed by atoms with Crippen molar-refractivity contribution in [1.82, 2.24) is 4.81 Å². The summed E-state index contributed by atoms with van der Waals surface area (Å²) in [5.41, 5.74) is 0. The highest BCUT2D eigenvalue weighted by Crippen LogP contribution is 1.96. The van der Waals surface area contributed by atoms with E-state index >= 15 is 0 Å². The Morgan fingerprint density at radius 2 is 2.10 bits per heavy atom. The summed E-state index contributed by atoms with van der Waals surface area (Å²) in [6.07, 6.45) is 7.99. The van der Waals surface area contributed by atoms with E-state index in [1.165, 1.54) is 19.2 Å². The van der Waals surface area contributed by atoms with Crippen molar-refractivity contribution in [3.63, 3.8) is 0 Å². The lowest BCUT2D eigenvalue weighted by Gasteiger charge is -2.05. The zero-order valence-electron chi connectivity index (χ0n) is 7.30. The van der Waals surface area contributed by atoms with Crippen molar-refractivity contribution in [2.24, 2.45) is 0 Å². The van der Waals surface area contributed by atoms with E-state index in [1.54, 1.807) is 0 Å². The van der Waals surface area contributed by atoms with Crippen LogP contribution in [0.15, 0.2) is 12.2 Å². The predicted octanol–water partition coefficient (Wildman–Crippen LogP) is 1.94. The zero-order valence-corrected chi connectivity index (χ0v) is 7.30. The van der Waals surface area contributed by atoms with Crippen molar-refractivity contribution in [2.45, 2.75) is 26.1 Å². The highest BCUT2D eigenvalue weighted by atomic mass is 15.0. The minimum Gasteiger partial charge on any atom is -0.352 e. The molecule has 0 spiro atoms. The minimum atomic E-state index is 1.19. The average molecular weight is 138 g/mol. The van der Waals surface area contributed by atoms with Crippen molar-refractivity contribution in [2.75, 3.05) is 14.1 Å².